The van der Waals surface area contributed by atoms with E-state index in [0.717, 1.165) is 29.9 Å². The molecule has 1 aliphatic carbocycles. The monoisotopic (exact) mass is 424 g/mol. The van der Waals surface area contributed by atoms with Gasteiger partial charge in [0.15, 0.2) is 0 Å². The van der Waals surface area contributed by atoms with Crippen LogP contribution >= 0.6 is 11.8 Å². The van der Waals surface area contributed by atoms with Gasteiger partial charge >= 0.3 is 0 Å². The Hall–Kier alpha value is -2.13. The Labute approximate surface area is 166 Å². The van der Waals surface area contributed by atoms with Gasteiger partial charge in [-0.05, 0) is 43.2 Å². The number of fused-ring (bicyclic) bond motifs is 1. The van der Waals surface area contributed by atoms with Crippen molar-refractivity contribution in [2.24, 2.45) is 5.92 Å². The largest absolute Gasteiger partial charge is 0.310 e. The molecule has 28 heavy (non-hydrogen) atoms. The molecule has 9 heteroatoms. The van der Waals surface area contributed by atoms with Crippen molar-refractivity contribution >= 4 is 39.1 Å². The molecule has 0 aromatic heterocycles. The van der Waals surface area contributed by atoms with Crippen molar-refractivity contribution in [1.29, 1.82) is 0 Å². The SMILES string of the molecule is C[C@@H]1CN(C(=O)C2CC2)c2cc(S(=O)(=O)Nc3ccc(F)cc3F)ccc2S1. The minimum absolute atomic E-state index is 0.00912. The smallest absolute Gasteiger partial charge is 0.262 e. The number of rotatable bonds is 4. The maximum absolute atomic E-state index is 13.9. The van der Waals surface area contributed by atoms with Crippen LogP contribution in [0.4, 0.5) is 20.2 Å². The average Bonchev–Trinajstić information content (AvgIpc) is 3.47. The summed E-state index contributed by atoms with van der Waals surface area (Å²) in [5.74, 6) is -1.78. The van der Waals surface area contributed by atoms with E-state index < -0.39 is 21.7 Å². The zero-order valence-electron chi connectivity index (χ0n) is 15.0. The summed E-state index contributed by atoms with van der Waals surface area (Å²) in [6.07, 6.45) is 1.71. The van der Waals surface area contributed by atoms with E-state index in [-0.39, 0.29) is 27.7 Å². The van der Waals surface area contributed by atoms with Gasteiger partial charge in [0.05, 0.1) is 16.3 Å². The molecule has 1 aliphatic heterocycles. The number of nitrogens with one attached hydrogen (secondary N) is 1. The number of carbonyl (C=O) groups is 1. The topological polar surface area (TPSA) is 66.5 Å². The van der Waals surface area contributed by atoms with Crippen molar-refractivity contribution < 1.29 is 22.0 Å². The number of amides is 1. The van der Waals surface area contributed by atoms with E-state index in [0.29, 0.717) is 18.3 Å². The lowest BCUT2D eigenvalue weighted by Crippen LogP contribution is -2.39. The molecule has 1 saturated carbocycles. The third-order valence-electron chi connectivity index (χ3n) is 4.67. The normalized spacial score (nSPS) is 19.2. The van der Waals surface area contributed by atoms with Gasteiger partial charge in [-0.15, -0.1) is 11.8 Å². The molecule has 5 nitrogen and oxygen atoms in total. The van der Waals surface area contributed by atoms with Crippen LogP contribution in [0.15, 0.2) is 46.2 Å². The van der Waals surface area contributed by atoms with Crippen LogP contribution in [-0.4, -0.2) is 26.1 Å². The van der Waals surface area contributed by atoms with Crippen LogP contribution in [0.2, 0.25) is 0 Å². The van der Waals surface area contributed by atoms with E-state index in [1.54, 1.807) is 22.7 Å². The summed E-state index contributed by atoms with van der Waals surface area (Å²) in [5.41, 5.74) is 0.218. The molecule has 2 aliphatic rings. The number of anilines is 2. The van der Waals surface area contributed by atoms with Crippen molar-refractivity contribution in [2.45, 2.75) is 34.8 Å². The van der Waals surface area contributed by atoms with Crippen LogP contribution in [0.1, 0.15) is 19.8 Å². The summed E-state index contributed by atoms with van der Waals surface area (Å²) in [7, 11) is -4.11. The standard InChI is InChI=1S/C19H18F2N2O3S2/c1-11-10-23(19(24)12-2-3-12)17-9-14(5-7-18(17)27-11)28(25,26)22-16-6-4-13(20)8-15(16)21/h4-9,11-12,22H,2-3,10H2,1H3/t11-/m1/s1. The molecule has 2 aromatic rings. The van der Waals surface area contributed by atoms with E-state index in [9.17, 15) is 22.0 Å². The lowest BCUT2D eigenvalue weighted by molar-refractivity contribution is -0.119. The molecule has 1 fully saturated rings. The highest BCUT2D eigenvalue weighted by molar-refractivity contribution is 8.00. The first kappa shape index (κ1) is 19.2. The molecule has 0 spiro atoms. The number of carbonyl (C=O) groups excluding carboxylic acids is 1. The lowest BCUT2D eigenvalue weighted by Gasteiger charge is -2.33. The summed E-state index contributed by atoms with van der Waals surface area (Å²) < 4.78 is 54.5. The second kappa shape index (κ2) is 7.04. The second-order valence-corrected chi connectivity index (χ2v) is 10.2. The zero-order chi connectivity index (χ0) is 20.1. The lowest BCUT2D eigenvalue weighted by atomic mass is 10.2. The molecular formula is C19H18F2N2O3S2. The van der Waals surface area contributed by atoms with Gasteiger partial charge in [-0.3, -0.25) is 9.52 Å². The third kappa shape index (κ3) is 3.73. The molecule has 2 aromatic carbocycles. The number of hydrogen-bond acceptors (Lipinski definition) is 4. The predicted molar refractivity (Wildman–Crippen MR) is 104 cm³/mol. The fraction of sp³-hybridized carbons (Fsp3) is 0.316. The molecule has 4 rings (SSSR count). The van der Waals surface area contributed by atoms with Crippen LogP contribution in [0.5, 0.6) is 0 Å². The van der Waals surface area contributed by atoms with Crippen LogP contribution in [0.3, 0.4) is 0 Å². The third-order valence-corrected chi connectivity index (χ3v) is 7.18. The number of hydrogen-bond donors (Lipinski definition) is 1. The fourth-order valence-electron chi connectivity index (χ4n) is 3.12. The molecule has 0 bridgehead atoms. The van der Waals surface area contributed by atoms with Crippen LogP contribution < -0.4 is 9.62 Å². The molecule has 0 radical (unpaired) electrons. The van der Waals surface area contributed by atoms with Gasteiger partial charge in [-0.2, -0.15) is 0 Å². The highest BCUT2D eigenvalue weighted by Crippen LogP contribution is 2.42. The van der Waals surface area contributed by atoms with Crippen LogP contribution in [0, 0.1) is 17.6 Å². The van der Waals surface area contributed by atoms with Crippen LogP contribution in [-0.2, 0) is 14.8 Å². The van der Waals surface area contributed by atoms with Crippen molar-refractivity contribution in [3.63, 3.8) is 0 Å². The molecule has 0 unspecified atom stereocenters. The second-order valence-electron chi connectivity index (χ2n) is 7.01. The summed E-state index contributed by atoms with van der Waals surface area (Å²) in [5, 5.41) is 0.198. The summed E-state index contributed by atoms with van der Waals surface area (Å²) in [6.45, 7) is 2.53. The zero-order valence-corrected chi connectivity index (χ0v) is 16.6. The van der Waals surface area contributed by atoms with E-state index in [2.05, 4.69) is 4.72 Å². The van der Waals surface area contributed by atoms with Crippen molar-refractivity contribution in [2.75, 3.05) is 16.2 Å². The Bertz CT molecular complexity index is 1060. The number of halogens is 2. The first-order chi connectivity index (χ1) is 13.2. The molecule has 0 saturated heterocycles. The van der Waals surface area contributed by atoms with Gasteiger partial charge in [0.1, 0.15) is 11.6 Å². The maximum Gasteiger partial charge on any atom is 0.262 e. The van der Waals surface area contributed by atoms with Gasteiger partial charge in [-0.1, -0.05) is 6.92 Å². The highest BCUT2D eigenvalue weighted by atomic mass is 32.2. The van der Waals surface area contributed by atoms with Crippen LogP contribution in [0.25, 0.3) is 0 Å². The first-order valence-corrected chi connectivity index (χ1v) is 11.2. The number of nitrogens with zero attached hydrogens (tertiary/aromatic N) is 1. The molecular weight excluding hydrogens is 406 g/mol. The Kier molecular flexibility index (Phi) is 4.83. The fourth-order valence-corrected chi connectivity index (χ4v) is 5.30. The van der Waals surface area contributed by atoms with Crippen molar-refractivity contribution in [3.05, 3.63) is 48.0 Å². The Morgan fingerprint density at radius 3 is 2.61 bits per heavy atom. The van der Waals surface area contributed by atoms with Crippen molar-refractivity contribution in [3.8, 4) is 0 Å². The Balaban J connectivity index is 1.68. The minimum Gasteiger partial charge on any atom is -0.310 e. The number of thioether (sulfide) groups is 1. The highest BCUT2D eigenvalue weighted by Gasteiger charge is 2.37. The van der Waals surface area contributed by atoms with Gasteiger partial charge in [0.2, 0.25) is 5.91 Å². The Morgan fingerprint density at radius 1 is 1.18 bits per heavy atom. The van der Waals surface area contributed by atoms with E-state index in [1.165, 1.54) is 12.1 Å². The van der Waals surface area contributed by atoms with Crippen molar-refractivity contribution in [1.82, 2.24) is 0 Å². The quantitative estimate of drug-likeness (QED) is 0.806. The van der Waals surface area contributed by atoms with Gasteiger partial charge in [-0.25, -0.2) is 17.2 Å². The summed E-state index contributed by atoms with van der Waals surface area (Å²) in [6, 6.07) is 7.14. The molecule has 1 atom stereocenters. The molecule has 1 amide bonds. The van der Waals surface area contributed by atoms with Gasteiger partial charge in [0.25, 0.3) is 10.0 Å². The average molecular weight is 424 g/mol. The number of sulfonamides is 1. The molecule has 1 N–H and O–H groups in total. The van der Waals surface area contributed by atoms with E-state index in [4.69, 9.17) is 0 Å². The molecule has 1 heterocycles. The van der Waals surface area contributed by atoms with Gasteiger partial charge in [0, 0.05) is 28.7 Å². The maximum atomic E-state index is 13.9. The summed E-state index contributed by atoms with van der Waals surface area (Å²) in [4.78, 5) is 15.1. The first-order valence-electron chi connectivity index (χ1n) is 8.84. The summed E-state index contributed by atoms with van der Waals surface area (Å²) >= 11 is 1.58. The van der Waals surface area contributed by atoms with E-state index in [1.807, 2.05) is 6.92 Å². The van der Waals surface area contributed by atoms with E-state index >= 15 is 0 Å². The molecule has 148 valence electrons. The Morgan fingerprint density at radius 2 is 1.93 bits per heavy atom. The minimum atomic E-state index is -4.11. The van der Waals surface area contributed by atoms with Gasteiger partial charge < -0.3 is 4.90 Å². The number of benzene rings is 2. The predicted octanol–water partition coefficient (Wildman–Crippen LogP) is 4.00.